The van der Waals surface area contributed by atoms with E-state index < -0.39 is 0 Å². The van der Waals surface area contributed by atoms with E-state index in [-0.39, 0.29) is 0 Å². The van der Waals surface area contributed by atoms with Gasteiger partial charge in [0.2, 0.25) is 0 Å². The van der Waals surface area contributed by atoms with Crippen LogP contribution < -0.4 is 10.5 Å². The molecule has 126 valence electrons. The van der Waals surface area contributed by atoms with Crippen LogP contribution in [0.25, 0.3) is 10.9 Å². The smallest absolute Gasteiger partial charge is 0.146 e. The summed E-state index contributed by atoms with van der Waals surface area (Å²) < 4.78 is 6.06. The lowest BCUT2D eigenvalue weighted by atomic mass is 10.0. The minimum atomic E-state index is 0.497. The van der Waals surface area contributed by atoms with Gasteiger partial charge in [0, 0.05) is 16.8 Å². The Morgan fingerprint density at radius 1 is 0.958 bits per heavy atom. The topological polar surface area (TPSA) is 48.1 Å². The van der Waals surface area contributed by atoms with Crippen LogP contribution in [0.15, 0.2) is 42.5 Å². The predicted octanol–water partition coefficient (Wildman–Crippen LogP) is 5.35. The molecular weight excluding hydrogens is 296 g/mol. The van der Waals surface area contributed by atoms with Gasteiger partial charge in [0.1, 0.15) is 17.9 Å². The van der Waals surface area contributed by atoms with Crippen LogP contribution in [0.2, 0.25) is 0 Å². The van der Waals surface area contributed by atoms with Crippen LogP contribution in [0.1, 0.15) is 36.2 Å². The molecule has 3 aromatic rings. The fourth-order valence-corrected chi connectivity index (χ4v) is 2.62. The number of para-hydroxylation sites is 1. The summed E-state index contributed by atoms with van der Waals surface area (Å²) >= 11 is 0. The molecule has 0 spiro atoms. The van der Waals surface area contributed by atoms with E-state index in [1.54, 1.807) is 0 Å². The Bertz CT molecular complexity index is 841. The summed E-state index contributed by atoms with van der Waals surface area (Å²) in [5.41, 5.74) is 12.1. The molecule has 0 amide bonds. The molecule has 0 saturated heterocycles. The SMILES string of the molecule is CC.Cc1ccc2cccc(OCc3c(C)ccc(N)c3C)c2n1. The molecule has 0 aliphatic carbocycles. The van der Waals surface area contributed by atoms with Gasteiger partial charge in [-0.3, -0.25) is 0 Å². The minimum absolute atomic E-state index is 0.497. The molecule has 24 heavy (non-hydrogen) atoms. The van der Waals surface area contributed by atoms with E-state index in [2.05, 4.69) is 18.0 Å². The third-order valence-electron chi connectivity index (χ3n) is 4.07. The van der Waals surface area contributed by atoms with Crippen molar-refractivity contribution in [3.8, 4) is 5.75 Å². The third kappa shape index (κ3) is 3.67. The van der Waals surface area contributed by atoms with Crippen LogP contribution >= 0.6 is 0 Å². The van der Waals surface area contributed by atoms with Crippen molar-refractivity contribution in [3.05, 3.63) is 64.8 Å². The molecule has 0 bridgehead atoms. The van der Waals surface area contributed by atoms with Gasteiger partial charge in [-0.05, 0) is 55.7 Å². The van der Waals surface area contributed by atoms with E-state index in [4.69, 9.17) is 10.5 Å². The average Bonchev–Trinajstić information content (AvgIpc) is 2.60. The molecule has 3 nitrogen and oxygen atoms in total. The second-order valence-corrected chi connectivity index (χ2v) is 5.64. The standard InChI is InChI=1S/C19H20N2O.C2H6/c1-12-7-10-17(20)14(3)16(12)11-22-18-6-4-5-15-9-8-13(2)21-19(15)18;1-2/h4-10H,11,20H2,1-3H3;1-2H3. The predicted molar refractivity (Wildman–Crippen MR) is 102 cm³/mol. The number of nitrogens with zero attached hydrogens (tertiary/aromatic N) is 1. The Balaban J connectivity index is 0.00000100. The Labute approximate surface area is 144 Å². The number of hydrogen-bond donors (Lipinski definition) is 1. The molecule has 2 N–H and O–H groups in total. The highest BCUT2D eigenvalue weighted by Crippen LogP contribution is 2.27. The monoisotopic (exact) mass is 322 g/mol. The first-order chi connectivity index (χ1) is 11.6. The molecule has 3 heteroatoms. The second kappa shape index (κ2) is 7.82. The highest BCUT2D eigenvalue weighted by atomic mass is 16.5. The van der Waals surface area contributed by atoms with Gasteiger partial charge >= 0.3 is 0 Å². The number of benzene rings is 2. The van der Waals surface area contributed by atoms with Crippen molar-refractivity contribution in [2.75, 3.05) is 5.73 Å². The van der Waals surface area contributed by atoms with Gasteiger partial charge < -0.3 is 10.5 Å². The first kappa shape index (κ1) is 17.8. The van der Waals surface area contributed by atoms with Crippen molar-refractivity contribution in [2.24, 2.45) is 0 Å². The van der Waals surface area contributed by atoms with Crippen LogP contribution in [0, 0.1) is 20.8 Å². The summed E-state index contributed by atoms with van der Waals surface area (Å²) in [4.78, 5) is 4.60. The number of nitrogen functional groups attached to an aromatic ring is 1. The van der Waals surface area contributed by atoms with Gasteiger partial charge in [0.15, 0.2) is 0 Å². The number of hydrogen-bond acceptors (Lipinski definition) is 3. The van der Waals surface area contributed by atoms with E-state index in [0.29, 0.717) is 6.61 Å². The summed E-state index contributed by atoms with van der Waals surface area (Å²) in [6, 6.07) is 14.1. The number of nitrogens with two attached hydrogens (primary N) is 1. The number of rotatable bonds is 3. The molecule has 0 atom stereocenters. The zero-order chi connectivity index (χ0) is 17.7. The second-order valence-electron chi connectivity index (χ2n) is 5.64. The normalized spacial score (nSPS) is 10.2. The van der Waals surface area contributed by atoms with Gasteiger partial charge in [-0.1, -0.05) is 38.1 Å². The third-order valence-corrected chi connectivity index (χ3v) is 4.07. The van der Waals surface area contributed by atoms with Crippen molar-refractivity contribution >= 4 is 16.6 Å². The average molecular weight is 322 g/mol. The van der Waals surface area contributed by atoms with Crippen LogP contribution in [0.5, 0.6) is 5.75 Å². The first-order valence-electron chi connectivity index (χ1n) is 8.40. The van der Waals surface area contributed by atoms with Crippen LogP contribution in [-0.4, -0.2) is 4.98 Å². The molecule has 0 saturated carbocycles. The van der Waals surface area contributed by atoms with Gasteiger partial charge in [-0.2, -0.15) is 0 Å². The number of pyridine rings is 1. The molecule has 0 aliphatic rings. The maximum absolute atomic E-state index is 6.06. The first-order valence-corrected chi connectivity index (χ1v) is 8.40. The Kier molecular flexibility index (Phi) is 5.80. The minimum Gasteiger partial charge on any atom is -0.487 e. The zero-order valence-corrected chi connectivity index (χ0v) is 15.2. The Hall–Kier alpha value is -2.55. The molecule has 0 unspecified atom stereocenters. The molecule has 0 aliphatic heterocycles. The van der Waals surface area contributed by atoms with Crippen molar-refractivity contribution in [3.63, 3.8) is 0 Å². The number of fused-ring (bicyclic) bond motifs is 1. The largest absolute Gasteiger partial charge is 0.487 e. The lowest BCUT2D eigenvalue weighted by molar-refractivity contribution is 0.308. The van der Waals surface area contributed by atoms with Crippen molar-refractivity contribution in [1.82, 2.24) is 4.98 Å². The number of ether oxygens (including phenoxy) is 1. The van der Waals surface area contributed by atoms with Gasteiger partial charge in [-0.15, -0.1) is 0 Å². The van der Waals surface area contributed by atoms with Gasteiger partial charge in [-0.25, -0.2) is 4.98 Å². The summed E-state index contributed by atoms with van der Waals surface area (Å²) in [6.07, 6.45) is 0. The Morgan fingerprint density at radius 2 is 1.71 bits per heavy atom. The lowest BCUT2D eigenvalue weighted by Crippen LogP contribution is -2.04. The molecule has 3 rings (SSSR count). The maximum Gasteiger partial charge on any atom is 0.146 e. The van der Waals surface area contributed by atoms with Gasteiger partial charge in [0.25, 0.3) is 0 Å². The highest BCUT2D eigenvalue weighted by molar-refractivity contribution is 5.84. The van der Waals surface area contributed by atoms with Crippen molar-refractivity contribution in [1.29, 1.82) is 0 Å². The molecule has 2 aromatic carbocycles. The lowest BCUT2D eigenvalue weighted by Gasteiger charge is -2.14. The van der Waals surface area contributed by atoms with Gasteiger partial charge in [0.05, 0.1) is 0 Å². The van der Waals surface area contributed by atoms with Crippen LogP contribution in [0.4, 0.5) is 5.69 Å². The van der Waals surface area contributed by atoms with E-state index >= 15 is 0 Å². The highest BCUT2D eigenvalue weighted by Gasteiger charge is 2.09. The molecular formula is C21H26N2O. The fourth-order valence-electron chi connectivity index (χ4n) is 2.62. The number of aryl methyl sites for hydroxylation is 2. The summed E-state index contributed by atoms with van der Waals surface area (Å²) in [5.74, 6) is 0.808. The van der Waals surface area contributed by atoms with Crippen molar-refractivity contribution < 1.29 is 4.74 Å². The quantitative estimate of drug-likeness (QED) is 0.661. The molecule has 1 aromatic heterocycles. The maximum atomic E-state index is 6.06. The summed E-state index contributed by atoms with van der Waals surface area (Å²) in [6.45, 7) is 10.6. The zero-order valence-electron chi connectivity index (χ0n) is 15.2. The van der Waals surface area contributed by atoms with E-state index in [1.807, 2.05) is 64.1 Å². The number of aromatic nitrogens is 1. The number of anilines is 1. The van der Waals surface area contributed by atoms with Crippen LogP contribution in [0.3, 0.4) is 0 Å². The summed E-state index contributed by atoms with van der Waals surface area (Å²) in [7, 11) is 0. The van der Waals surface area contributed by atoms with E-state index in [0.717, 1.165) is 39.2 Å². The summed E-state index contributed by atoms with van der Waals surface area (Å²) in [5, 5.41) is 1.09. The van der Waals surface area contributed by atoms with Crippen molar-refractivity contribution in [2.45, 2.75) is 41.2 Å². The Morgan fingerprint density at radius 3 is 2.46 bits per heavy atom. The fraction of sp³-hybridized carbons (Fsp3) is 0.286. The molecule has 0 radical (unpaired) electrons. The van der Waals surface area contributed by atoms with E-state index in [1.165, 1.54) is 5.56 Å². The van der Waals surface area contributed by atoms with E-state index in [9.17, 15) is 0 Å². The van der Waals surface area contributed by atoms with Crippen LogP contribution in [-0.2, 0) is 6.61 Å². The molecule has 1 heterocycles. The molecule has 0 fully saturated rings.